The molecule has 34 heavy (non-hydrogen) atoms. The summed E-state index contributed by atoms with van der Waals surface area (Å²) in [6.45, 7) is 7.65. The van der Waals surface area contributed by atoms with Crippen molar-refractivity contribution in [2.24, 2.45) is 5.10 Å². The summed E-state index contributed by atoms with van der Waals surface area (Å²) in [5, 5.41) is 8.35. The molecule has 2 aliphatic rings. The van der Waals surface area contributed by atoms with Gasteiger partial charge in [-0.15, -0.1) is 5.10 Å². The number of unbranched alkanes of at least 4 members (excludes halogenated alkanes) is 1. The minimum absolute atomic E-state index is 0.216. The van der Waals surface area contributed by atoms with Gasteiger partial charge in [-0.05, 0) is 37.2 Å². The lowest BCUT2D eigenvalue weighted by atomic mass is 10.0. The Morgan fingerprint density at radius 1 is 1.18 bits per heavy atom. The van der Waals surface area contributed by atoms with Crippen molar-refractivity contribution in [3.05, 3.63) is 59.2 Å². The molecule has 0 bridgehead atoms. The predicted octanol–water partition coefficient (Wildman–Crippen LogP) is 3.88. The number of benzene rings is 2. The van der Waals surface area contributed by atoms with Crippen LogP contribution in [0, 0.1) is 6.92 Å². The molecule has 0 saturated heterocycles. The van der Waals surface area contributed by atoms with Crippen LogP contribution in [0.3, 0.4) is 0 Å². The van der Waals surface area contributed by atoms with Crippen LogP contribution in [0.5, 0.6) is 5.75 Å². The van der Waals surface area contributed by atoms with Gasteiger partial charge in [-0.2, -0.15) is 5.01 Å². The molecule has 0 saturated carbocycles. The number of nitrogens with one attached hydrogen (secondary N) is 1. The van der Waals surface area contributed by atoms with E-state index >= 15 is 0 Å². The summed E-state index contributed by atoms with van der Waals surface area (Å²) >= 11 is 1.08. The third kappa shape index (κ3) is 4.16. The molecular weight excluding hydrogens is 452 g/mol. The van der Waals surface area contributed by atoms with Gasteiger partial charge < -0.3 is 15.0 Å². The maximum absolute atomic E-state index is 14.1. The SMILES string of the molecule is CCCCOc1ccccc1CN1C(=O)[C@]2(SC(NC(C)=O)=NN2C(C)=O)c2cc(C)ccc21. The van der Waals surface area contributed by atoms with Crippen molar-refractivity contribution in [3.8, 4) is 5.75 Å². The van der Waals surface area contributed by atoms with E-state index in [1.54, 1.807) is 4.90 Å². The van der Waals surface area contributed by atoms with Gasteiger partial charge in [-0.3, -0.25) is 14.4 Å². The van der Waals surface area contributed by atoms with Crippen LogP contribution in [-0.2, 0) is 25.8 Å². The minimum Gasteiger partial charge on any atom is -0.493 e. The number of hydrogen-bond acceptors (Lipinski definition) is 6. The number of para-hydroxylation sites is 1. The molecule has 1 N–H and O–H groups in total. The highest BCUT2D eigenvalue weighted by Gasteiger charge is 2.61. The molecular formula is C25H28N4O4S. The third-order valence-corrected chi connectivity index (χ3v) is 6.95. The smallest absolute Gasteiger partial charge is 0.271 e. The quantitative estimate of drug-likeness (QED) is 0.634. The fraction of sp³-hybridized carbons (Fsp3) is 0.360. The van der Waals surface area contributed by atoms with Crippen LogP contribution in [0.25, 0.3) is 0 Å². The van der Waals surface area contributed by atoms with Crippen LogP contribution in [0.2, 0.25) is 0 Å². The number of amides is 3. The van der Waals surface area contributed by atoms with E-state index in [-0.39, 0.29) is 29.4 Å². The number of hydrazone groups is 1. The highest BCUT2D eigenvalue weighted by Crippen LogP contribution is 2.55. The Hall–Kier alpha value is -3.33. The van der Waals surface area contributed by atoms with Crippen LogP contribution in [0.4, 0.5) is 5.69 Å². The standard InChI is InChI=1S/C25H28N4O4S/c1-5-6-13-33-22-10-8-7-9-19(22)15-28-21-12-11-16(2)14-20(21)25(23(28)32)29(18(4)31)27-24(34-25)26-17(3)30/h7-12,14H,5-6,13,15H2,1-4H3,(H,26,27,30)/t25-/m1/s1. The molecule has 2 heterocycles. The zero-order valence-corrected chi connectivity index (χ0v) is 20.6. The highest BCUT2D eigenvalue weighted by atomic mass is 32.2. The van der Waals surface area contributed by atoms with E-state index < -0.39 is 4.87 Å². The number of nitrogens with zero attached hydrogens (tertiary/aromatic N) is 3. The second kappa shape index (κ2) is 9.50. The van der Waals surface area contributed by atoms with Crippen molar-refractivity contribution >= 4 is 40.3 Å². The Bertz CT molecular complexity index is 1180. The van der Waals surface area contributed by atoms with Crippen molar-refractivity contribution in [2.45, 2.75) is 52.0 Å². The number of carbonyl (C=O) groups excluding carboxylic acids is 3. The summed E-state index contributed by atoms with van der Waals surface area (Å²) < 4.78 is 5.99. The van der Waals surface area contributed by atoms with E-state index in [4.69, 9.17) is 4.74 Å². The fourth-order valence-corrected chi connectivity index (χ4v) is 5.48. The number of rotatable bonds is 6. The number of hydrogen-bond donors (Lipinski definition) is 1. The number of fused-ring (bicyclic) bond motifs is 2. The lowest BCUT2D eigenvalue weighted by Crippen LogP contribution is -2.48. The number of thioether (sulfide) groups is 1. The summed E-state index contributed by atoms with van der Waals surface area (Å²) in [7, 11) is 0. The fourth-order valence-electron chi connectivity index (χ4n) is 4.15. The molecule has 0 aliphatic carbocycles. The van der Waals surface area contributed by atoms with Crippen LogP contribution in [0.1, 0.15) is 50.3 Å². The number of ether oxygens (including phenoxy) is 1. The molecule has 0 radical (unpaired) electrons. The monoisotopic (exact) mass is 480 g/mol. The second-order valence-electron chi connectivity index (χ2n) is 8.38. The molecule has 3 amide bonds. The van der Waals surface area contributed by atoms with Gasteiger partial charge in [-0.1, -0.05) is 49.2 Å². The number of carbonyl (C=O) groups is 3. The molecule has 2 aromatic rings. The maximum atomic E-state index is 14.1. The third-order valence-electron chi connectivity index (χ3n) is 5.71. The second-order valence-corrected chi connectivity index (χ2v) is 9.57. The molecule has 4 rings (SSSR count). The lowest BCUT2D eigenvalue weighted by Gasteiger charge is -2.29. The van der Waals surface area contributed by atoms with Gasteiger partial charge in [0.15, 0.2) is 5.17 Å². The number of amidine groups is 1. The molecule has 0 unspecified atom stereocenters. The molecule has 178 valence electrons. The maximum Gasteiger partial charge on any atom is 0.271 e. The summed E-state index contributed by atoms with van der Waals surface area (Å²) in [4.78, 5) is 38.7. The van der Waals surface area contributed by atoms with Gasteiger partial charge in [0, 0.05) is 25.0 Å². The average molecular weight is 481 g/mol. The zero-order chi connectivity index (χ0) is 24.5. The van der Waals surface area contributed by atoms with E-state index in [1.165, 1.54) is 18.9 Å². The van der Waals surface area contributed by atoms with Crippen LogP contribution >= 0.6 is 11.8 Å². The van der Waals surface area contributed by atoms with Crippen molar-refractivity contribution in [1.82, 2.24) is 10.3 Å². The van der Waals surface area contributed by atoms with Gasteiger partial charge in [0.2, 0.25) is 16.7 Å². The van der Waals surface area contributed by atoms with Gasteiger partial charge >= 0.3 is 0 Å². The largest absolute Gasteiger partial charge is 0.493 e. The molecule has 2 aromatic carbocycles. The van der Waals surface area contributed by atoms with Crippen LogP contribution < -0.4 is 15.0 Å². The predicted molar refractivity (Wildman–Crippen MR) is 132 cm³/mol. The molecule has 8 nitrogen and oxygen atoms in total. The van der Waals surface area contributed by atoms with Crippen molar-refractivity contribution in [2.75, 3.05) is 11.5 Å². The Morgan fingerprint density at radius 2 is 1.94 bits per heavy atom. The number of aryl methyl sites for hydroxylation is 1. The molecule has 1 spiro atoms. The molecule has 2 aliphatic heterocycles. The first kappa shape index (κ1) is 23.8. The molecule has 9 heteroatoms. The van der Waals surface area contributed by atoms with E-state index in [9.17, 15) is 14.4 Å². The van der Waals surface area contributed by atoms with Crippen LogP contribution in [-0.4, -0.2) is 34.5 Å². The summed E-state index contributed by atoms with van der Waals surface area (Å²) in [6, 6.07) is 13.4. The Morgan fingerprint density at radius 3 is 2.65 bits per heavy atom. The zero-order valence-electron chi connectivity index (χ0n) is 19.8. The lowest BCUT2D eigenvalue weighted by molar-refractivity contribution is -0.139. The Balaban J connectivity index is 1.76. The van der Waals surface area contributed by atoms with Gasteiger partial charge in [0.1, 0.15) is 5.75 Å². The van der Waals surface area contributed by atoms with Gasteiger partial charge in [0.25, 0.3) is 5.91 Å². The minimum atomic E-state index is -1.41. The Kier molecular flexibility index (Phi) is 6.65. The van der Waals surface area contributed by atoms with E-state index in [0.717, 1.165) is 41.5 Å². The van der Waals surface area contributed by atoms with Crippen molar-refractivity contribution < 1.29 is 19.1 Å². The first-order valence-electron chi connectivity index (χ1n) is 11.3. The molecule has 0 fully saturated rings. The molecule has 0 aromatic heterocycles. The van der Waals surface area contributed by atoms with E-state index in [2.05, 4.69) is 17.3 Å². The van der Waals surface area contributed by atoms with E-state index in [1.807, 2.05) is 49.4 Å². The summed E-state index contributed by atoms with van der Waals surface area (Å²) in [5.74, 6) is -0.271. The first-order chi connectivity index (χ1) is 16.3. The summed E-state index contributed by atoms with van der Waals surface area (Å²) in [6.07, 6.45) is 1.96. The summed E-state index contributed by atoms with van der Waals surface area (Å²) in [5.41, 5.74) is 3.20. The van der Waals surface area contributed by atoms with E-state index in [0.29, 0.717) is 17.9 Å². The van der Waals surface area contributed by atoms with Gasteiger partial charge in [-0.25, -0.2) is 0 Å². The average Bonchev–Trinajstić information content (AvgIpc) is 3.27. The molecule has 1 atom stereocenters. The normalized spacial score (nSPS) is 18.8. The first-order valence-corrected chi connectivity index (χ1v) is 12.1. The van der Waals surface area contributed by atoms with Crippen LogP contribution in [0.15, 0.2) is 47.6 Å². The highest BCUT2D eigenvalue weighted by molar-refractivity contribution is 8.15. The number of anilines is 1. The van der Waals surface area contributed by atoms with Crippen molar-refractivity contribution in [3.63, 3.8) is 0 Å². The topological polar surface area (TPSA) is 91.3 Å². The Labute approximate surface area is 203 Å². The van der Waals surface area contributed by atoms with Crippen molar-refractivity contribution in [1.29, 1.82) is 0 Å². The van der Waals surface area contributed by atoms with Gasteiger partial charge in [0.05, 0.1) is 18.8 Å².